The van der Waals surface area contributed by atoms with Gasteiger partial charge in [0, 0.05) is 26.3 Å². The number of carbonyl (C=O) groups excluding carboxylic acids is 1. The monoisotopic (exact) mass is 364 g/mol. The molecule has 140 valence electrons. The highest BCUT2D eigenvalue weighted by Gasteiger charge is 2.33. The van der Waals surface area contributed by atoms with E-state index in [0.717, 1.165) is 18.9 Å². The lowest BCUT2D eigenvalue weighted by atomic mass is 9.90. The van der Waals surface area contributed by atoms with Crippen molar-refractivity contribution < 1.29 is 18.0 Å². The summed E-state index contributed by atoms with van der Waals surface area (Å²) in [4.78, 5) is 14.5. The van der Waals surface area contributed by atoms with E-state index in [0.29, 0.717) is 37.2 Å². The molecule has 6 heteroatoms. The Labute approximate surface area is 151 Å². The van der Waals surface area contributed by atoms with Gasteiger partial charge < -0.3 is 9.47 Å². The number of carbonyl (C=O) groups is 1. The molecule has 1 amide bonds. The van der Waals surface area contributed by atoms with Gasteiger partial charge in [0.1, 0.15) is 5.69 Å². The number of likely N-dealkylation sites (tertiary alicyclic amines) is 1. The van der Waals surface area contributed by atoms with E-state index in [9.17, 15) is 18.0 Å². The van der Waals surface area contributed by atoms with Crippen LogP contribution in [-0.4, -0.2) is 28.5 Å². The van der Waals surface area contributed by atoms with Crippen molar-refractivity contribution in [2.45, 2.75) is 31.9 Å². The maximum atomic E-state index is 13.1. The summed E-state index contributed by atoms with van der Waals surface area (Å²) < 4.78 is 41.2. The lowest BCUT2D eigenvalue weighted by Crippen LogP contribution is -2.40. The highest BCUT2D eigenvalue weighted by Crippen LogP contribution is 2.33. The van der Waals surface area contributed by atoms with Crippen LogP contribution in [0.1, 0.15) is 40.9 Å². The molecule has 2 aromatic rings. The molecule has 1 fully saturated rings. The number of rotatable bonds is 4. The second kappa shape index (κ2) is 7.56. The molecular formula is C20H23F3N2O. The van der Waals surface area contributed by atoms with Crippen molar-refractivity contribution in [3.05, 3.63) is 59.4 Å². The summed E-state index contributed by atoms with van der Waals surface area (Å²) in [5.41, 5.74) is 0.437. The number of halogens is 3. The fourth-order valence-electron chi connectivity index (χ4n) is 3.70. The summed E-state index contributed by atoms with van der Waals surface area (Å²) in [7, 11) is 1.84. The minimum atomic E-state index is -4.32. The van der Waals surface area contributed by atoms with Gasteiger partial charge in [-0.2, -0.15) is 13.2 Å². The summed E-state index contributed by atoms with van der Waals surface area (Å²) in [6.07, 6.45) is 0.393. The lowest BCUT2D eigenvalue weighted by Gasteiger charge is -2.33. The Morgan fingerprint density at radius 2 is 1.96 bits per heavy atom. The predicted octanol–water partition coefficient (Wildman–Crippen LogP) is 4.53. The van der Waals surface area contributed by atoms with Crippen LogP contribution in [0.25, 0.3) is 0 Å². The van der Waals surface area contributed by atoms with Gasteiger partial charge in [-0.1, -0.05) is 18.2 Å². The number of benzene rings is 1. The third-order valence-electron chi connectivity index (χ3n) is 5.11. The average molecular weight is 364 g/mol. The molecule has 0 saturated carbocycles. The van der Waals surface area contributed by atoms with E-state index in [-0.39, 0.29) is 11.8 Å². The molecule has 26 heavy (non-hydrogen) atoms. The van der Waals surface area contributed by atoms with Crippen LogP contribution in [0.15, 0.2) is 42.6 Å². The van der Waals surface area contributed by atoms with Crippen molar-refractivity contribution in [3.8, 4) is 0 Å². The van der Waals surface area contributed by atoms with Crippen LogP contribution in [0.3, 0.4) is 0 Å². The van der Waals surface area contributed by atoms with Crippen LogP contribution in [0.5, 0.6) is 0 Å². The lowest BCUT2D eigenvalue weighted by molar-refractivity contribution is -0.138. The Bertz CT molecular complexity index is 766. The Hall–Kier alpha value is -2.24. The number of hydrogen-bond acceptors (Lipinski definition) is 1. The largest absolute Gasteiger partial charge is 0.416 e. The Morgan fingerprint density at radius 1 is 1.19 bits per heavy atom. The summed E-state index contributed by atoms with van der Waals surface area (Å²) >= 11 is 0. The smallest absolute Gasteiger partial charge is 0.347 e. The first-order valence-corrected chi connectivity index (χ1v) is 8.92. The van der Waals surface area contributed by atoms with Crippen LogP contribution in [-0.2, 0) is 19.6 Å². The fraction of sp³-hybridized carbons (Fsp3) is 0.450. The molecule has 0 N–H and O–H groups in total. The van der Waals surface area contributed by atoms with E-state index in [2.05, 4.69) is 0 Å². The Kier molecular flexibility index (Phi) is 5.39. The topological polar surface area (TPSA) is 25.2 Å². The van der Waals surface area contributed by atoms with Crippen LogP contribution in [0.4, 0.5) is 13.2 Å². The average Bonchev–Trinajstić information content (AvgIpc) is 3.05. The first-order chi connectivity index (χ1) is 12.4. The molecule has 0 radical (unpaired) electrons. The summed E-state index contributed by atoms with van der Waals surface area (Å²) in [6, 6.07) is 9.40. The second-order valence-electron chi connectivity index (χ2n) is 6.96. The molecule has 0 bridgehead atoms. The number of amides is 1. The van der Waals surface area contributed by atoms with Crippen LogP contribution in [0, 0.1) is 5.92 Å². The van der Waals surface area contributed by atoms with Crippen LogP contribution >= 0.6 is 0 Å². The molecular weight excluding hydrogens is 341 g/mol. The summed E-state index contributed by atoms with van der Waals surface area (Å²) in [6.45, 7) is 1.32. The number of hydrogen-bond donors (Lipinski definition) is 0. The number of piperidine rings is 1. The quantitative estimate of drug-likeness (QED) is 0.783. The molecule has 0 aliphatic carbocycles. The summed E-state index contributed by atoms with van der Waals surface area (Å²) in [5.74, 6) is 0.229. The third kappa shape index (κ3) is 4.11. The van der Waals surface area contributed by atoms with Crippen molar-refractivity contribution >= 4 is 5.91 Å². The predicted molar refractivity (Wildman–Crippen MR) is 93.8 cm³/mol. The van der Waals surface area contributed by atoms with E-state index in [1.165, 1.54) is 6.07 Å². The van der Waals surface area contributed by atoms with Crippen molar-refractivity contribution in [1.82, 2.24) is 9.47 Å². The van der Waals surface area contributed by atoms with Gasteiger partial charge in [-0.3, -0.25) is 4.79 Å². The van der Waals surface area contributed by atoms with Gasteiger partial charge in [0.2, 0.25) is 0 Å². The van der Waals surface area contributed by atoms with Gasteiger partial charge in [0.05, 0.1) is 5.56 Å². The maximum absolute atomic E-state index is 13.1. The van der Waals surface area contributed by atoms with E-state index in [4.69, 9.17) is 0 Å². The van der Waals surface area contributed by atoms with Crippen molar-refractivity contribution in [2.75, 3.05) is 13.1 Å². The van der Waals surface area contributed by atoms with Crippen molar-refractivity contribution in [1.29, 1.82) is 0 Å². The fourth-order valence-corrected chi connectivity index (χ4v) is 3.70. The Morgan fingerprint density at radius 3 is 2.65 bits per heavy atom. The molecule has 0 spiro atoms. The molecule has 0 unspecified atom stereocenters. The molecule has 3 nitrogen and oxygen atoms in total. The van der Waals surface area contributed by atoms with Gasteiger partial charge in [-0.25, -0.2) is 0 Å². The minimum absolute atomic E-state index is 0.00195. The van der Waals surface area contributed by atoms with Crippen molar-refractivity contribution in [3.63, 3.8) is 0 Å². The molecule has 2 heterocycles. The maximum Gasteiger partial charge on any atom is 0.416 e. The normalized spacial score (nSPS) is 18.2. The third-order valence-corrected chi connectivity index (χ3v) is 5.11. The molecule has 1 saturated heterocycles. The molecule has 1 aromatic heterocycles. The SMILES string of the molecule is Cn1cccc1C(=O)N1CCC[C@H](CCc2ccccc2C(F)(F)F)C1. The molecule has 1 aliphatic heterocycles. The number of aromatic nitrogens is 1. The van der Waals surface area contributed by atoms with Gasteiger partial charge in [0.25, 0.3) is 5.91 Å². The van der Waals surface area contributed by atoms with E-state index < -0.39 is 11.7 Å². The number of nitrogens with zero attached hydrogens (tertiary/aromatic N) is 2. The first kappa shape index (κ1) is 18.5. The van der Waals surface area contributed by atoms with E-state index in [1.54, 1.807) is 22.8 Å². The van der Waals surface area contributed by atoms with Gasteiger partial charge in [-0.15, -0.1) is 0 Å². The highest BCUT2D eigenvalue weighted by atomic mass is 19.4. The number of alkyl halides is 3. The zero-order chi connectivity index (χ0) is 18.7. The van der Waals surface area contributed by atoms with Crippen LogP contribution in [0.2, 0.25) is 0 Å². The number of aryl methyl sites for hydroxylation is 2. The van der Waals surface area contributed by atoms with Gasteiger partial charge >= 0.3 is 6.18 Å². The van der Waals surface area contributed by atoms with Gasteiger partial charge in [-0.05, 0) is 55.4 Å². The van der Waals surface area contributed by atoms with Crippen molar-refractivity contribution in [2.24, 2.45) is 13.0 Å². The second-order valence-corrected chi connectivity index (χ2v) is 6.96. The van der Waals surface area contributed by atoms with Gasteiger partial charge in [0.15, 0.2) is 0 Å². The Balaban J connectivity index is 1.63. The highest BCUT2D eigenvalue weighted by molar-refractivity contribution is 5.92. The molecule has 1 aliphatic rings. The molecule has 1 atom stereocenters. The standard InChI is InChI=1S/C20H23F3N2O/c1-24-12-5-9-18(24)19(26)25-13-4-6-15(14-25)10-11-16-7-2-3-8-17(16)20(21,22)23/h2-3,5,7-9,12,15H,4,6,10-11,13-14H2,1H3/t15-/m1/s1. The molecule has 3 rings (SSSR count). The molecule has 1 aromatic carbocycles. The van der Waals surface area contributed by atoms with E-state index in [1.807, 2.05) is 24.2 Å². The van der Waals surface area contributed by atoms with Crippen LogP contribution < -0.4 is 0 Å². The first-order valence-electron chi connectivity index (χ1n) is 8.92. The zero-order valence-corrected chi connectivity index (χ0v) is 14.8. The zero-order valence-electron chi connectivity index (χ0n) is 14.8. The van der Waals surface area contributed by atoms with E-state index >= 15 is 0 Å². The minimum Gasteiger partial charge on any atom is -0.347 e. The summed E-state index contributed by atoms with van der Waals surface area (Å²) in [5, 5.41) is 0.